The van der Waals surface area contributed by atoms with E-state index in [0.717, 1.165) is 5.69 Å². The maximum atomic E-state index is 12.0. The van der Waals surface area contributed by atoms with Crippen LogP contribution in [0.3, 0.4) is 0 Å². The second-order valence-electron chi connectivity index (χ2n) is 5.77. The van der Waals surface area contributed by atoms with Crippen molar-refractivity contribution in [2.24, 2.45) is 5.92 Å². The molecule has 1 aromatic carbocycles. The van der Waals surface area contributed by atoms with Crippen molar-refractivity contribution in [1.29, 1.82) is 0 Å². The standard InChI is InChI=1S/C15H20N2O3/c1-15(2,20)10-16-14(19)11-8-13(18)17(9-11)12-6-4-3-5-7-12/h3-7,11,20H,8-10H2,1-2H3,(H,16,19). The monoisotopic (exact) mass is 276 g/mol. The minimum atomic E-state index is -0.947. The first-order valence-corrected chi connectivity index (χ1v) is 6.72. The van der Waals surface area contributed by atoms with E-state index in [4.69, 9.17) is 0 Å². The van der Waals surface area contributed by atoms with Crippen molar-refractivity contribution in [3.05, 3.63) is 30.3 Å². The number of carbonyl (C=O) groups is 2. The molecule has 0 aromatic heterocycles. The minimum Gasteiger partial charge on any atom is -0.389 e. The van der Waals surface area contributed by atoms with Crippen LogP contribution in [0.4, 0.5) is 5.69 Å². The molecule has 5 heteroatoms. The Hall–Kier alpha value is -1.88. The lowest BCUT2D eigenvalue weighted by Crippen LogP contribution is -2.41. The predicted octanol–water partition coefficient (Wildman–Crippen LogP) is 0.927. The number of amides is 2. The van der Waals surface area contributed by atoms with Gasteiger partial charge in [-0.1, -0.05) is 18.2 Å². The van der Waals surface area contributed by atoms with Crippen LogP contribution < -0.4 is 10.2 Å². The molecule has 0 spiro atoms. The molecule has 0 bridgehead atoms. The molecule has 108 valence electrons. The first-order valence-electron chi connectivity index (χ1n) is 6.72. The number of hydrogen-bond donors (Lipinski definition) is 2. The van der Waals surface area contributed by atoms with E-state index in [0.29, 0.717) is 6.54 Å². The molecule has 1 fully saturated rings. The number of aliphatic hydroxyl groups is 1. The molecular weight excluding hydrogens is 256 g/mol. The zero-order valence-electron chi connectivity index (χ0n) is 11.8. The normalized spacial score (nSPS) is 19.2. The molecule has 1 heterocycles. The Balaban J connectivity index is 1.97. The average molecular weight is 276 g/mol. The Morgan fingerprint density at radius 2 is 2.05 bits per heavy atom. The van der Waals surface area contributed by atoms with Gasteiger partial charge in [0.2, 0.25) is 11.8 Å². The van der Waals surface area contributed by atoms with Gasteiger partial charge >= 0.3 is 0 Å². The summed E-state index contributed by atoms with van der Waals surface area (Å²) in [5.41, 5.74) is -0.132. The van der Waals surface area contributed by atoms with Crippen LogP contribution in [0.25, 0.3) is 0 Å². The van der Waals surface area contributed by atoms with Gasteiger partial charge in [-0.15, -0.1) is 0 Å². The van der Waals surface area contributed by atoms with Gasteiger partial charge in [-0.3, -0.25) is 9.59 Å². The highest BCUT2D eigenvalue weighted by Gasteiger charge is 2.35. The van der Waals surface area contributed by atoms with E-state index in [1.807, 2.05) is 30.3 Å². The molecule has 2 amide bonds. The van der Waals surface area contributed by atoms with Gasteiger partial charge in [0.15, 0.2) is 0 Å². The summed E-state index contributed by atoms with van der Waals surface area (Å²) in [5.74, 6) is -0.580. The van der Waals surface area contributed by atoms with Gasteiger partial charge in [0.1, 0.15) is 0 Å². The number of hydrogen-bond acceptors (Lipinski definition) is 3. The van der Waals surface area contributed by atoms with Crippen molar-refractivity contribution in [2.45, 2.75) is 25.9 Å². The SMILES string of the molecule is CC(C)(O)CNC(=O)C1CC(=O)N(c2ccccc2)C1. The molecule has 1 aliphatic rings. The zero-order valence-corrected chi connectivity index (χ0v) is 11.8. The first-order chi connectivity index (χ1) is 9.37. The maximum absolute atomic E-state index is 12.0. The van der Waals surface area contributed by atoms with Crippen LogP contribution in [-0.2, 0) is 9.59 Å². The molecule has 20 heavy (non-hydrogen) atoms. The molecule has 1 aromatic rings. The highest BCUT2D eigenvalue weighted by molar-refractivity contribution is 6.00. The molecule has 1 aliphatic heterocycles. The Bertz CT molecular complexity index is 494. The van der Waals surface area contributed by atoms with Gasteiger partial charge in [-0.25, -0.2) is 0 Å². The van der Waals surface area contributed by atoms with Crippen molar-refractivity contribution in [3.8, 4) is 0 Å². The van der Waals surface area contributed by atoms with Crippen molar-refractivity contribution in [2.75, 3.05) is 18.0 Å². The zero-order chi connectivity index (χ0) is 14.8. The third-order valence-corrected chi connectivity index (χ3v) is 3.26. The molecule has 2 N–H and O–H groups in total. The minimum absolute atomic E-state index is 0.0420. The van der Waals surface area contributed by atoms with Gasteiger partial charge in [0.25, 0.3) is 0 Å². The first kappa shape index (κ1) is 14.5. The lowest BCUT2D eigenvalue weighted by molar-refractivity contribution is -0.127. The van der Waals surface area contributed by atoms with E-state index in [-0.39, 0.29) is 30.7 Å². The summed E-state index contributed by atoms with van der Waals surface area (Å²) in [6.07, 6.45) is 0.215. The van der Waals surface area contributed by atoms with E-state index in [9.17, 15) is 14.7 Å². The Morgan fingerprint density at radius 3 is 2.65 bits per heavy atom. The molecular formula is C15H20N2O3. The second-order valence-corrected chi connectivity index (χ2v) is 5.77. The van der Waals surface area contributed by atoms with Gasteiger partial charge in [0.05, 0.1) is 11.5 Å². The van der Waals surface area contributed by atoms with E-state index in [1.54, 1.807) is 18.7 Å². The molecule has 1 atom stereocenters. The Morgan fingerprint density at radius 1 is 1.40 bits per heavy atom. The van der Waals surface area contributed by atoms with Crippen LogP contribution in [0.5, 0.6) is 0 Å². The molecule has 1 unspecified atom stereocenters. The lowest BCUT2D eigenvalue weighted by Gasteiger charge is -2.20. The number of carbonyl (C=O) groups excluding carboxylic acids is 2. The van der Waals surface area contributed by atoms with Crippen molar-refractivity contribution in [1.82, 2.24) is 5.32 Å². The summed E-state index contributed by atoms with van der Waals surface area (Å²) >= 11 is 0. The van der Waals surface area contributed by atoms with Gasteiger partial charge in [0, 0.05) is 25.2 Å². The maximum Gasteiger partial charge on any atom is 0.227 e. The molecule has 0 radical (unpaired) electrons. The number of rotatable bonds is 4. The van der Waals surface area contributed by atoms with Crippen LogP contribution in [0.15, 0.2) is 30.3 Å². The summed E-state index contributed by atoms with van der Waals surface area (Å²) in [6, 6.07) is 9.33. The van der Waals surface area contributed by atoms with Gasteiger partial charge in [-0.05, 0) is 26.0 Å². The molecule has 5 nitrogen and oxygen atoms in total. The topological polar surface area (TPSA) is 69.6 Å². The highest BCUT2D eigenvalue weighted by Crippen LogP contribution is 2.24. The fraction of sp³-hybridized carbons (Fsp3) is 0.467. The smallest absolute Gasteiger partial charge is 0.227 e. The summed E-state index contributed by atoms with van der Waals surface area (Å²) in [7, 11) is 0. The fourth-order valence-electron chi connectivity index (χ4n) is 2.19. The Kier molecular flexibility index (Phi) is 4.09. The second kappa shape index (κ2) is 5.63. The largest absolute Gasteiger partial charge is 0.389 e. The summed E-state index contributed by atoms with van der Waals surface area (Å²) in [5, 5.41) is 12.3. The highest BCUT2D eigenvalue weighted by atomic mass is 16.3. The molecule has 0 saturated carbocycles. The van der Waals surface area contributed by atoms with Crippen molar-refractivity contribution in [3.63, 3.8) is 0 Å². The van der Waals surface area contributed by atoms with Crippen molar-refractivity contribution < 1.29 is 14.7 Å². The summed E-state index contributed by atoms with van der Waals surface area (Å²) in [6.45, 7) is 3.83. The van der Waals surface area contributed by atoms with E-state index in [2.05, 4.69) is 5.32 Å². The van der Waals surface area contributed by atoms with Gasteiger partial charge in [-0.2, -0.15) is 0 Å². The van der Waals surface area contributed by atoms with Crippen LogP contribution in [0.2, 0.25) is 0 Å². The van der Waals surface area contributed by atoms with Crippen molar-refractivity contribution >= 4 is 17.5 Å². The number of para-hydroxylation sites is 1. The number of anilines is 1. The third-order valence-electron chi connectivity index (χ3n) is 3.26. The molecule has 2 rings (SSSR count). The van der Waals surface area contributed by atoms with Crippen LogP contribution >= 0.6 is 0 Å². The third kappa shape index (κ3) is 3.57. The number of nitrogens with one attached hydrogen (secondary N) is 1. The summed E-state index contributed by atoms with van der Waals surface area (Å²) < 4.78 is 0. The number of benzene rings is 1. The lowest BCUT2D eigenvalue weighted by atomic mass is 10.1. The molecule has 0 aliphatic carbocycles. The average Bonchev–Trinajstić information content (AvgIpc) is 2.78. The van der Waals surface area contributed by atoms with Crippen LogP contribution in [0, 0.1) is 5.92 Å². The number of nitrogens with zero attached hydrogens (tertiary/aromatic N) is 1. The Labute approximate surface area is 118 Å². The summed E-state index contributed by atoms with van der Waals surface area (Å²) in [4.78, 5) is 25.6. The molecule has 1 saturated heterocycles. The predicted molar refractivity (Wildman–Crippen MR) is 76.2 cm³/mol. The van der Waals surface area contributed by atoms with Crippen LogP contribution in [0.1, 0.15) is 20.3 Å². The quantitative estimate of drug-likeness (QED) is 0.859. The van der Waals surface area contributed by atoms with E-state index < -0.39 is 5.60 Å². The van der Waals surface area contributed by atoms with E-state index in [1.165, 1.54) is 0 Å². The fourth-order valence-corrected chi connectivity index (χ4v) is 2.19. The van der Waals surface area contributed by atoms with Gasteiger partial charge < -0.3 is 15.3 Å². The van der Waals surface area contributed by atoms with Crippen LogP contribution in [-0.4, -0.2) is 35.6 Å². The van der Waals surface area contributed by atoms with E-state index >= 15 is 0 Å².